The lowest BCUT2D eigenvalue weighted by Gasteiger charge is -2.35. The molecule has 0 aromatic heterocycles. The average Bonchev–Trinajstić information content (AvgIpc) is 1.16. The molecular formula is C6H12S2. The van der Waals surface area contributed by atoms with Crippen molar-refractivity contribution in [1.29, 1.82) is 0 Å². The van der Waals surface area contributed by atoms with Gasteiger partial charge in [-0.25, -0.2) is 0 Å². The Labute approximate surface area is 59.2 Å². The van der Waals surface area contributed by atoms with Crippen molar-refractivity contribution < 1.29 is 0 Å². The fourth-order valence-electron chi connectivity index (χ4n) is 0.530. The Morgan fingerprint density at radius 2 is 1.88 bits per heavy atom. The Balaban J connectivity index is 2.34. The summed E-state index contributed by atoms with van der Waals surface area (Å²) >= 11 is 0. The van der Waals surface area contributed by atoms with E-state index in [-0.39, 0.29) is 0 Å². The van der Waals surface area contributed by atoms with Gasteiger partial charge in [0, 0.05) is 11.0 Å². The molecule has 0 radical (unpaired) electrons. The molecule has 0 spiro atoms. The largest absolute Gasteiger partial charge is 0.0926 e. The van der Waals surface area contributed by atoms with E-state index < -0.39 is 0 Å². The second-order valence-corrected chi connectivity index (χ2v) is 5.85. The molecule has 0 bridgehead atoms. The third kappa shape index (κ3) is 1.35. The molecule has 0 amide bonds. The third-order valence-electron chi connectivity index (χ3n) is 1.37. The van der Waals surface area contributed by atoms with Gasteiger partial charge in [-0.3, -0.25) is 0 Å². The molecule has 0 aliphatic carbocycles. The van der Waals surface area contributed by atoms with E-state index in [1.165, 1.54) is 5.75 Å². The Kier molecular flexibility index (Phi) is 1.83. The summed E-state index contributed by atoms with van der Waals surface area (Å²) in [4.78, 5) is 0. The molecule has 1 aliphatic rings. The molecule has 2 heteroatoms. The highest BCUT2D eigenvalue weighted by atomic mass is 33.1. The van der Waals surface area contributed by atoms with Crippen LogP contribution in [0.4, 0.5) is 0 Å². The summed E-state index contributed by atoms with van der Waals surface area (Å²) in [5.74, 6) is 1.36. The van der Waals surface area contributed by atoms with Gasteiger partial charge in [0.15, 0.2) is 0 Å². The first kappa shape index (κ1) is 6.81. The molecule has 48 valence electrons. The lowest BCUT2D eigenvalue weighted by Crippen LogP contribution is -2.29. The first-order chi connectivity index (χ1) is 3.61. The van der Waals surface area contributed by atoms with Crippen LogP contribution in [0.5, 0.6) is 0 Å². The van der Waals surface area contributed by atoms with Crippen molar-refractivity contribution in [2.24, 2.45) is 5.41 Å². The Morgan fingerprint density at radius 3 is 1.88 bits per heavy atom. The predicted molar refractivity (Wildman–Crippen MR) is 43.3 cm³/mol. The average molecular weight is 148 g/mol. The van der Waals surface area contributed by atoms with Gasteiger partial charge in [0.1, 0.15) is 0 Å². The maximum absolute atomic E-state index is 2.31. The molecule has 0 saturated carbocycles. The first-order valence-electron chi connectivity index (χ1n) is 2.89. The van der Waals surface area contributed by atoms with Crippen molar-refractivity contribution in [2.45, 2.75) is 26.0 Å². The van der Waals surface area contributed by atoms with Crippen molar-refractivity contribution in [3.05, 3.63) is 0 Å². The zero-order chi connectivity index (χ0) is 6.20. The number of hydrogen-bond acceptors (Lipinski definition) is 2. The van der Waals surface area contributed by atoms with Crippen LogP contribution in [-0.2, 0) is 0 Å². The topological polar surface area (TPSA) is 0 Å². The fraction of sp³-hybridized carbons (Fsp3) is 1.00. The zero-order valence-electron chi connectivity index (χ0n) is 5.60. The van der Waals surface area contributed by atoms with Gasteiger partial charge in [-0.2, -0.15) is 0 Å². The molecule has 1 saturated heterocycles. The van der Waals surface area contributed by atoms with Gasteiger partial charge in [-0.1, -0.05) is 42.4 Å². The van der Waals surface area contributed by atoms with Gasteiger partial charge in [0.2, 0.25) is 0 Å². The Morgan fingerprint density at radius 1 is 1.38 bits per heavy atom. The van der Waals surface area contributed by atoms with Crippen LogP contribution in [0.15, 0.2) is 0 Å². The van der Waals surface area contributed by atoms with E-state index in [9.17, 15) is 0 Å². The van der Waals surface area contributed by atoms with Gasteiger partial charge < -0.3 is 0 Å². The summed E-state index contributed by atoms with van der Waals surface area (Å²) in [6.45, 7) is 6.93. The lowest BCUT2D eigenvalue weighted by atomic mass is 9.93. The fourth-order valence-corrected chi connectivity index (χ4v) is 3.27. The highest BCUT2D eigenvalue weighted by Crippen LogP contribution is 2.48. The Hall–Kier alpha value is 0.700. The van der Waals surface area contributed by atoms with Gasteiger partial charge in [0.25, 0.3) is 0 Å². The van der Waals surface area contributed by atoms with E-state index in [1.807, 2.05) is 21.6 Å². The minimum absolute atomic E-state index is 0.538. The predicted octanol–water partition coefficient (Wildman–Crippen LogP) is 2.80. The molecule has 1 fully saturated rings. The molecule has 8 heavy (non-hydrogen) atoms. The number of rotatable bonds is 0. The molecule has 0 nitrogen and oxygen atoms in total. The monoisotopic (exact) mass is 148 g/mol. The van der Waals surface area contributed by atoms with Crippen molar-refractivity contribution in [2.75, 3.05) is 5.75 Å². The van der Waals surface area contributed by atoms with Gasteiger partial charge in [-0.05, 0) is 5.41 Å². The molecule has 1 heterocycles. The smallest absolute Gasteiger partial charge is 0.0298 e. The molecule has 0 N–H and O–H groups in total. The standard InChI is InChI=1S/C6H12S2/c1-6(2,3)5-4-7-8-5/h5H,4H2,1-3H3. The van der Waals surface area contributed by atoms with Crippen LogP contribution in [-0.4, -0.2) is 11.0 Å². The molecule has 0 aromatic rings. The van der Waals surface area contributed by atoms with Crippen LogP contribution in [0, 0.1) is 5.41 Å². The van der Waals surface area contributed by atoms with Crippen molar-refractivity contribution >= 4 is 21.6 Å². The summed E-state index contributed by atoms with van der Waals surface area (Å²) < 4.78 is 0. The zero-order valence-corrected chi connectivity index (χ0v) is 7.23. The third-order valence-corrected chi connectivity index (χ3v) is 4.81. The maximum Gasteiger partial charge on any atom is 0.0298 e. The van der Waals surface area contributed by atoms with E-state index in [1.54, 1.807) is 0 Å². The van der Waals surface area contributed by atoms with Crippen LogP contribution < -0.4 is 0 Å². The van der Waals surface area contributed by atoms with E-state index in [4.69, 9.17) is 0 Å². The molecule has 1 rings (SSSR count). The minimum atomic E-state index is 0.538. The molecule has 0 aromatic carbocycles. The van der Waals surface area contributed by atoms with Crippen LogP contribution in [0.1, 0.15) is 20.8 Å². The molecular weight excluding hydrogens is 136 g/mol. The van der Waals surface area contributed by atoms with Crippen LogP contribution in [0.2, 0.25) is 0 Å². The van der Waals surface area contributed by atoms with Crippen LogP contribution >= 0.6 is 21.6 Å². The normalized spacial score (nSPS) is 29.6. The van der Waals surface area contributed by atoms with Gasteiger partial charge in [-0.15, -0.1) is 0 Å². The quantitative estimate of drug-likeness (QED) is 0.484. The van der Waals surface area contributed by atoms with Gasteiger partial charge in [0.05, 0.1) is 0 Å². The van der Waals surface area contributed by atoms with Gasteiger partial charge >= 0.3 is 0 Å². The van der Waals surface area contributed by atoms with Crippen molar-refractivity contribution in [1.82, 2.24) is 0 Å². The molecule has 1 unspecified atom stereocenters. The Bertz CT molecular complexity index is 79.0. The minimum Gasteiger partial charge on any atom is -0.0926 e. The maximum atomic E-state index is 2.31. The molecule has 1 aliphatic heterocycles. The van der Waals surface area contributed by atoms with E-state index in [0.717, 1.165) is 5.25 Å². The summed E-state index contributed by atoms with van der Waals surface area (Å²) in [6, 6.07) is 0. The van der Waals surface area contributed by atoms with Crippen molar-refractivity contribution in [3.8, 4) is 0 Å². The summed E-state index contributed by atoms with van der Waals surface area (Å²) in [5.41, 5.74) is 0.538. The second-order valence-electron chi connectivity index (χ2n) is 3.24. The van der Waals surface area contributed by atoms with Crippen LogP contribution in [0.3, 0.4) is 0 Å². The highest BCUT2D eigenvalue weighted by Gasteiger charge is 2.31. The summed E-state index contributed by atoms with van der Waals surface area (Å²) in [7, 11) is 4.02. The second kappa shape index (κ2) is 2.14. The first-order valence-corrected chi connectivity index (χ1v) is 5.27. The van der Waals surface area contributed by atoms with E-state index in [2.05, 4.69) is 20.8 Å². The highest BCUT2D eigenvalue weighted by molar-refractivity contribution is 8.79. The summed E-state index contributed by atoms with van der Waals surface area (Å²) in [6.07, 6.45) is 0. The van der Waals surface area contributed by atoms with Crippen LogP contribution in [0.25, 0.3) is 0 Å². The number of hydrogen-bond donors (Lipinski definition) is 0. The lowest BCUT2D eigenvalue weighted by molar-refractivity contribution is 0.413. The van der Waals surface area contributed by atoms with E-state index in [0.29, 0.717) is 5.41 Å². The summed E-state index contributed by atoms with van der Waals surface area (Å²) in [5, 5.41) is 0.910. The van der Waals surface area contributed by atoms with E-state index >= 15 is 0 Å². The SMILES string of the molecule is CC(C)(C)C1CSS1. The van der Waals surface area contributed by atoms with Crippen molar-refractivity contribution in [3.63, 3.8) is 0 Å². The molecule has 1 atom stereocenters.